The minimum atomic E-state index is -1.41. The van der Waals surface area contributed by atoms with Gasteiger partial charge >= 0.3 is 0 Å². The van der Waals surface area contributed by atoms with Gasteiger partial charge in [0, 0.05) is 13.5 Å². The maximum absolute atomic E-state index is 12.3. The second-order valence-electron chi connectivity index (χ2n) is 9.55. The summed E-state index contributed by atoms with van der Waals surface area (Å²) in [7, 11) is 0. The van der Waals surface area contributed by atoms with Gasteiger partial charge in [-0.05, 0) is 6.42 Å². The molecule has 1 fully saturated rings. The molecule has 35 heavy (non-hydrogen) atoms. The summed E-state index contributed by atoms with van der Waals surface area (Å²) in [4.78, 5) is 23.7. The maximum atomic E-state index is 12.3. The number of ether oxygens (including phenoxy) is 2. The molecule has 1 aliphatic heterocycles. The van der Waals surface area contributed by atoms with Crippen LogP contribution in [0.1, 0.15) is 90.9 Å². The molecule has 0 aromatic rings. The van der Waals surface area contributed by atoms with Crippen molar-refractivity contribution in [3.8, 4) is 0 Å². The zero-order chi connectivity index (χ0) is 26.1. The minimum Gasteiger partial charge on any atom is -0.394 e. The highest BCUT2D eigenvalue weighted by molar-refractivity contribution is 5.81. The standard InChI is InChI=1S/C25H49N3O7/c1-3-4-5-6-7-8-9-10-11-12-13-14-15-27-24(33)19(26)17-34-25-21(28-18(2)30)23(32)22(31)20(16-29)35-25/h19-23,25,29,31-32H,3-17,26H2,1-2H3,(H,27,33)(H,28,30)/t19-,20+,21+,22-,23+,25+/m0/s1. The Balaban J connectivity index is 2.19. The Morgan fingerprint density at radius 3 is 2.00 bits per heavy atom. The summed E-state index contributed by atoms with van der Waals surface area (Å²) in [6, 6.07) is -2.04. The first-order valence-electron chi connectivity index (χ1n) is 13.4. The van der Waals surface area contributed by atoms with Gasteiger partial charge in [-0.3, -0.25) is 9.59 Å². The number of carbonyl (C=O) groups is 2. The molecule has 7 N–H and O–H groups in total. The number of carbonyl (C=O) groups excluding carboxylic acids is 2. The molecular weight excluding hydrogens is 454 g/mol. The van der Waals surface area contributed by atoms with Crippen LogP contribution in [0.15, 0.2) is 0 Å². The van der Waals surface area contributed by atoms with Crippen molar-refractivity contribution in [3.05, 3.63) is 0 Å². The van der Waals surface area contributed by atoms with Crippen molar-refractivity contribution in [2.45, 2.75) is 128 Å². The quantitative estimate of drug-likeness (QED) is 0.143. The van der Waals surface area contributed by atoms with Gasteiger partial charge in [0.05, 0.1) is 13.2 Å². The van der Waals surface area contributed by atoms with Gasteiger partial charge in [0.1, 0.15) is 30.4 Å². The Labute approximate surface area is 210 Å². The molecule has 10 nitrogen and oxygen atoms in total. The smallest absolute Gasteiger partial charge is 0.239 e. The van der Waals surface area contributed by atoms with E-state index in [1.807, 2.05) is 0 Å². The van der Waals surface area contributed by atoms with E-state index >= 15 is 0 Å². The average Bonchev–Trinajstić information content (AvgIpc) is 2.83. The van der Waals surface area contributed by atoms with E-state index in [1.54, 1.807) is 0 Å². The SMILES string of the molecule is CCCCCCCCCCCCCCNC(=O)[C@@H](N)CO[C@@H]1O[C@H](CO)[C@H](O)[C@H](O)[C@H]1NC(C)=O. The molecule has 1 heterocycles. The molecule has 0 unspecified atom stereocenters. The zero-order valence-electron chi connectivity index (χ0n) is 21.6. The number of aliphatic hydroxyl groups is 3. The van der Waals surface area contributed by atoms with Gasteiger partial charge in [-0.1, -0.05) is 77.6 Å². The maximum Gasteiger partial charge on any atom is 0.239 e. The van der Waals surface area contributed by atoms with Crippen LogP contribution in [0.4, 0.5) is 0 Å². The van der Waals surface area contributed by atoms with Crippen LogP contribution in [0.5, 0.6) is 0 Å². The molecule has 0 spiro atoms. The number of aliphatic hydroxyl groups excluding tert-OH is 3. The lowest BCUT2D eigenvalue weighted by Gasteiger charge is -2.42. The molecule has 0 bridgehead atoms. The summed E-state index contributed by atoms with van der Waals surface area (Å²) < 4.78 is 11.0. The molecule has 1 aliphatic rings. The molecule has 0 saturated carbocycles. The summed E-state index contributed by atoms with van der Waals surface area (Å²) in [5.41, 5.74) is 5.92. The molecule has 0 aromatic heterocycles. The van der Waals surface area contributed by atoms with Gasteiger partial charge < -0.3 is 41.2 Å². The molecule has 1 saturated heterocycles. The van der Waals surface area contributed by atoms with Crippen molar-refractivity contribution in [2.75, 3.05) is 19.8 Å². The third-order valence-electron chi connectivity index (χ3n) is 6.36. The highest BCUT2D eigenvalue weighted by Crippen LogP contribution is 2.22. The number of hydrogen-bond donors (Lipinski definition) is 6. The van der Waals surface area contributed by atoms with E-state index in [-0.39, 0.29) is 12.5 Å². The number of hydrogen-bond acceptors (Lipinski definition) is 8. The summed E-state index contributed by atoms with van der Waals surface area (Å²) in [6.45, 7) is 3.27. The fraction of sp³-hybridized carbons (Fsp3) is 0.920. The van der Waals surface area contributed by atoms with E-state index < -0.39 is 49.2 Å². The second kappa shape index (κ2) is 18.9. The monoisotopic (exact) mass is 503 g/mol. The molecule has 2 amide bonds. The van der Waals surface area contributed by atoms with E-state index in [2.05, 4.69) is 17.6 Å². The van der Waals surface area contributed by atoms with Gasteiger partial charge in [0.15, 0.2) is 6.29 Å². The van der Waals surface area contributed by atoms with E-state index in [4.69, 9.17) is 15.2 Å². The van der Waals surface area contributed by atoms with Crippen molar-refractivity contribution >= 4 is 11.8 Å². The van der Waals surface area contributed by atoms with Crippen LogP contribution >= 0.6 is 0 Å². The first-order valence-corrected chi connectivity index (χ1v) is 13.4. The minimum absolute atomic E-state index is 0.216. The van der Waals surface area contributed by atoms with Gasteiger partial charge in [-0.2, -0.15) is 0 Å². The third kappa shape index (κ3) is 13.0. The Morgan fingerprint density at radius 1 is 0.943 bits per heavy atom. The lowest BCUT2D eigenvalue weighted by atomic mass is 9.97. The summed E-state index contributed by atoms with van der Waals surface area (Å²) in [5.74, 6) is -0.815. The Hall–Kier alpha value is -1.30. The number of unbranched alkanes of at least 4 members (excludes halogenated alkanes) is 11. The molecule has 206 valence electrons. The van der Waals surface area contributed by atoms with Crippen molar-refractivity contribution < 1.29 is 34.4 Å². The molecule has 6 atom stereocenters. The van der Waals surface area contributed by atoms with Crippen molar-refractivity contribution in [1.29, 1.82) is 0 Å². The largest absolute Gasteiger partial charge is 0.394 e. The van der Waals surface area contributed by atoms with Crippen LogP contribution in [-0.2, 0) is 19.1 Å². The van der Waals surface area contributed by atoms with E-state index in [0.717, 1.165) is 19.3 Å². The Kier molecular flexibility index (Phi) is 17.1. The first kappa shape index (κ1) is 31.7. The van der Waals surface area contributed by atoms with Crippen LogP contribution in [0, 0.1) is 0 Å². The van der Waals surface area contributed by atoms with E-state index in [1.165, 1.54) is 64.7 Å². The predicted octanol–water partition coefficient (Wildman–Crippen LogP) is 1.09. The number of amides is 2. The normalized spacial score (nSPS) is 25.3. The first-order chi connectivity index (χ1) is 16.8. The van der Waals surface area contributed by atoms with Crippen LogP contribution in [0.2, 0.25) is 0 Å². The van der Waals surface area contributed by atoms with Crippen LogP contribution in [0.3, 0.4) is 0 Å². The lowest BCUT2D eigenvalue weighted by Crippen LogP contribution is -2.65. The fourth-order valence-electron chi connectivity index (χ4n) is 4.20. The van der Waals surface area contributed by atoms with Crippen molar-refractivity contribution in [1.82, 2.24) is 10.6 Å². The average molecular weight is 504 g/mol. The van der Waals surface area contributed by atoms with E-state index in [0.29, 0.717) is 6.54 Å². The summed E-state index contributed by atoms with van der Waals surface area (Å²) >= 11 is 0. The van der Waals surface area contributed by atoms with Gasteiger partial charge in [0.2, 0.25) is 11.8 Å². The molecule has 0 aliphatic carbocycles. The molecule has 0 aromatic carbocycles. The highest BCUT2D eigenvalue weighted by atomic mass is 16.7. The van der Waals surface area contributed by atoms with Crippen LogP contribution in [0.25, 0.3) is 0 Å². The lowest BCUT2D eigenvalue weighted by molar-refractivity contribution is -0.270. The number of nitrogens with one attached hydrogen (secondary N) is 2. The predicted molar refractivity (Wildman–Crippen MR) is 133 cm³/mol. The molecule has 0 radical (unpaired) electrons. The van der Waals surface area contributed by atoms with Gasteiger partial charge in [0.25, 0.3) is 0 Å². The van der Waals surface area contributed by atoms with Crippen LogP contribution in [-0.4, -0.2) is 83.6 Å². The summed E-state index contributed by atoms with van der Waals surface area (Å²) in [5, 5.41) is 34.9. The molecular formula is C25H49N3O7. The Morgan fingerprint density at radius 2 is 1.49 bits per heavy atom. The Bertz CT molecular complexity index is 581. The highest BCUT2D eigenvalue weighted by Gasteiger charge is 2.45. The topological polar surface area (TPSA) is 163 Å². The molecule has 10 heteroatoms. The fourth-order valence-corrected chi connectivity index (χ4v) is 4.20. The summed E-state index contributed by atoms with van der Waals surface area (Å²) in [6.07, 6.45) is 9.87. The van der Waals surface area contributed by atoms with Crippen molar-refractivity contribution in [2.24, 2.45) is 5.73 Å². The number of rotatable bonds is 19. The van der Waals surface area contributed by atoms with Crippen molar-refractivity contribution in [3.63, 3.8) is 0 Å². The third-order valence-corrected chi connectivity index (χ3v) is 6.36. The number of nitrogens with two attached hydrogens (primary N) is 1. The zero-order valence-corrected chi connectivity index (χ0v) is 21.6. The van der Waals surface area contributed by atoms with Crippen LogP contribution < -0.4 is 16.4 Å². The second-order valence-corrected chi connectivity index (χ2v) is 9.55. The van der Waals surface area contributed by atoms with E-state index in [9.17, 15) is 24.9 Å². The molecule has 1 rings (SSSR count). The van der Waals surface area contributed by atoms with Gasteiger partial charge in [-0.15, -0.1) is 0 Å². The van der Waals surface area contributed by atoms with Gasteiger partial charge in [-0.25, -0.2) is 0 Å².